The molecular formula is C27H20N4O. The summed E-state index contributed by atoms with van der Waals surface area (Å²) in [5.74, 6) is 1.19. The fraction of sp³-hybridized carbons (Fsp3) is 0.0370. The summed E-state index contributed by atoms with van der Waals surface area (Å²) in [5.41, 5.74) is 11.2. The maximum Gasteiger partial charge on any atom is 0.139 e. The molecule has 154 valence electrons. The number of para-hydroxylation sites is 2. The lowest BCUT2D eigenvalue weighted by Gasteiger charge is -2.12. The number of nitrogens with two attached hydrogens (primary N) is 1. The van der Waals surface area contributed by atoms with Gasteiger partial charge in [0.25, 0.3) is 0 Å². The Bertz CT molecular complexity index is 1560. The molecule has 3 aromatic heterocycles. The highest BCUT2D eigenvalue weighted by Crippen LogP contribution is 2.36. The van der Waals surface area contributed by atoms with E-state index in [2.05, 4.69) is 39.6 Å². The van der Waals surface area contributed by atoms with Crippen molar-refractivity contribution in [3.8, 4) is 11.3 Å². The highest BCUT2D eigenvalue weighted by atomic mass is 16.3. The van der Waals surface area contributed by atoms with Crippen molar-refractivity contribution >= 4 is 44.1 Å². The molecule has 3 N–H and O–H groups in total. The highest BCUT2D eigenvalue weighted by molar-refractivity contribution is 6.01. The van der Waals surface area contributed by atoms with Crippen molar-refractivity contribution in [2.75, 3.05) is 11.1 Å². The number of rotatable bonds is 4. The lowest BCUT2D eigenvalue weighted by Crippen LogP contribution is -2.01. The third kappa shape index (κ3) is 3.11. The number of anilines is 2. The van der Waals surface area contributed by atoms with Crippen LogP contribution in [0.15, 0.2) is 95.7 Å². The average molecular weight is 416 g/mol. The van der Waals surface area contributed by atoms with Gasteiger partial charge in [0.1, 0.15) is 17.2 Å². The number of nitrogen functional groups attached to an aromatic ring is 1. The topological polar surface area (TPSA) is 77.0 Å². The third-order valence-electron chi connectivity index (χ3n) is 5.79. The normalized spacial score (nSPS) is 11.4. The second kappa shape index (κ2) is 7.39. The van der Waals surface area contributed by atoms with E-state index in [4.69, 9.17) is 10.2 Å². The summed E-state index contributed by atoms with van der Waals surface area (Å²) in [4.78, 5) is 8.85. The molecule has 0 unspecified atom stereocenters. The quantitative estimate of drug-likeness (QED) is 0.348. The van der Waals surface area contributed by atoms with E-state index in [0.29, 0.717) is 12.4 Å². The number of nitrogens with one attached hydrogen (secondary N) is 1. The molecule has 0 aliphatic heterocycles. The van der Waals surface area contributed by atoms with Gasteiger partial charge in [-0.3, -0.25) is 4.98 Å². The van der Waals surface area contributed by atoms with Crippen LogP contribution >= 0.6 is 0 Å². The highest BCUT2D eigenvalue weighted by Gasteiger charge is 2.15. The zero-order valence-electron chi connectivity index (χ0n) is 17.2. The first kappa shape index (κ1) is 18.4. The number of pyridine rings is 2. The van der Waals surface area contributed by atoms with Gasteiger partial charge in [-0.1, -0.05) is 48.5 Å². The molecule has 0 amide bonds. The monoisotopic (exact) mass is 416 g/mol. The van der Waals surface area contributed by atoms with E-state index in [-0.39, 0.29) is 0 Å². The van der Waals surface area contributed by atoms with Crippen LogP contribution in [-0.2, 0) is 6.54 Å². The van der Waals surface area contributed by atoms with Crippen molar-refractivity contribution in [1.82, 2.24) is 9.97 Å². The fourth-order valence-corrected chi connectivity index (χ4v) is 4.20. The van der Waals surface area contributed by atoms with E-state index in [1.54, 1.807) is 0 Å². The third-order valence-corrected chi connectivity index (χ3v) is 5.79. The van der Waals surface area contributed by atoms with Gasteiger partial charge < -0.3 is 15.5 Å². The largest absolute Gasteiger partial charge is 0.456 e. The van der Waals surface area contributed by atoms with Gasteiger partial charge in [-0.25, -0.2) is 4.98 Å². The number of hydrogen-bond donors (Lipinski definition) is 2. The number of benzene rings is 3. The van der Waals surface area contributed by atoms with Crippen molar-refractivity contribution < 1.29 is 4.42 Å². The molecule has 0 atom stereocenters. The van der Waals surface area contributed by atoms with Gasteiger partial charge in [0, 0.05) is 40.8 Å². The Labute approximate surface area is 184 Å². The van der Waals surface area contributed by atoms with Crippen LogP contribution < -0.4 is 11.1 Å². The SMILES string of the molecule is Nc1ncc2ccc(CNc3ccnc4ccccc34)cc2c1-c1cc2ccccc2o1. The van der Waals surface area contributed by atoms with E-state index in [9.17, 15) is 0 Å². The second-order valence-corrected chi connectivity index (χ2v) is 7.82. The molecule has 0 aliphatic rings. The van der Waals surface area contributed by atoms with Crippen molar-refractivity contribution in [1.29, 1.82) is 0 Å². The van der Waals surface area contributed by atoms with Gasteiger partial charge in [0.15, 0.2) is 0 Å². The van der Waals surface area contributed by atoms with Crippen LogP contribution in [0.3, 0.4) is 0 Å². The van der Waals surface area contributed by atoms with Crippen LogP contribution in [0.4, 0.5) is 11.5 Å². The zero-order valence-corrected chi connectivity index (χ0v) is 17.2. The van der Waals surface area contributed by atoms with E-state index in [1.807, 2.05) is 67.0 Å². The molecule has 6 aromatic rings. The lowest BCUT2D eigenvalue weighted by molar-refractivity contribution is 0.632. The number of fused-ring (bicyclic) bond motifs is 3. The van der Waals surface area contributed by atoms with Gasteiger partial charge in [-0.05, 0) is 41.3 Å². The Morgan fingerprint density at radius 2 is 1.69 bits per heavy atom. The molecule has 3 heterocycles. The number of nitrogens with zero attached hydrogens (tertiary/aromatic N) is 2. The summed E-state index contributed by atoms with van der Waals surface area (Å²) in [6.07, 6.45) is 3.64. The molecule has 0 radical (unpaired) electrons. The predicted molar refractivity (Wildman–Crippen MR) is 130 cm³/mol. The number of hydrogen-bond acceptors (Lipinski definition) is 5. The summed E-state index contributed by atoms with van der Waals surface area (Å²) < 4.78 is 6.12. The predicted octanol–water partition coefficient (Wildman–Crippen LogP) is 6.39. The van der Waals surface area contributed by atoms with E-state index < -0.39 is 0 Å². The van der Waals surface area contributed by atoms with E-state index >= 15 is 0 Å². The molecular weight excluding hydrogens is 396 g/mol. The smallest absolute Gasteiger partial charge is 0.139 e. The number of furan rings is 1. The molecule has 0 aliphatic carbocycles. The molecule has 5 nitrogen and oxygen atoms in total. The van der Waals surface area contributed by atoms with Gasteiger partial charge in [0.05, 0.1) is 11.1 Å². The maximum atomic E-state index is 6.32. The van der Waals surface area contributed by atoms with Gasteiger partial charge in [-0.2, -0.15) is 0 Å². The van der Waals surface area contributed by atoms with Crippen LogP contribution in [-0.4, -0.2) is 9.97 Å². The maximum absolute atomic E-state index is 6.32. The summed E-state index contributed by atoms with van der Waals surface area (Å²) in [6.45, 7) is 0.672. The first-order chi connectivity index (χ1) is 15.8. The molecule has 3 aromatic carbocycles. The van der Waals surface area contributed by atoms with Crippen LogP contribution in [0.2, 0.25) is 0 Å². The van der Waals surface area contributed by atoms with Crippen molar-refractivity contribution in [2.45, 2.75) is 6.54 Å². The summed E-state index contributed by atoms with van der Waals surface area (Å²) in [6, 6.07) is 26.5. The summed E-state index contributed by atoms with van der Waals surface area (Å²) >= 11 is 0. The summed E-state index contributed by atoms with van der Waals surface area (Å²) in [5, 5.41) is 7.75. The Hall–Kier alpha value is -4.38. The molecule has 32 heavy (non-hydrogen) atoms. The molecule has 0 saturated carbocycles. The van der Waals surface area contributed by atoms with Crippen LogP contribution in [0, 0.1) is 0 Å². The van der Waals surface area contributed by atoms with Crippen LogP contribution in [0.25, 0.3) is 44.0 Å². The lowest BCUT2D eigenvalue weighted by atomic mass is 10.0. The minimum atomic E-state index is 0.460. The van der Waals surface area contributed by atoms with Crippen LogP contribution in [0.5, 0.6) is 0 Å². The first-order valence-corrected chi connectivity index (χ1v) is 10.5. The van der Waals surface area contributed by atoms with E-state index in [0.717, 1.165) is 55.2 Å². The molecule has 0 saturated heterocycles. The van der Waals surface area contributed by atoms with Crippen molar-refractivity contribution in [3.05, 3.63) is 96.8 Å². The molecule has 5 heteroatoms. The fourth-order valence-electron chi connectivity index (χ4n) is 4.20. The minimum Gasteiger partial charge on any atom is -0.456 e. The summed E-state index contributed by atoms with van der Waals surface area (Å²) in [7, 11) is 0. The van der Waals surface area contributed by atoms with E-state index in [1.165, 1.54) is 0 Å². The van der Waals surface area contributed by atoms with Gasteiger partial charge in [-0.15, -0.1) is 0 Å². The standard InChI is InChI=1S/C27H20N4O/c28-27-26(25-14-18-5-1-4-8-24(18)32-25)21-13-17(9-10-19(21)16-31-27)15-30-23-11-12-29-22-7-3-2-6-20(22)23/h1-14,16H,15H2,(H2,28,31)(H,29,30). The second-order valence-electron chi connectivity index (χ2n) is 7.82. The average Bonchev–Trinajstić information content (AvgIpc) is 3.26. The van der Waals surface area contributed by atoms with Gasteiger partial charge in [0.2, 0.25) is 0 Å². The Morgan fingerprint density at radius 1 is 0.812 bits per heavy atom. The Morgan fingerprint density at radius 3 is 2.62 bits per heavy atom. The Kier molecular flexibility index (Phi) is 4.25. The van der Waals surface area contributed by atoms with Gasteiger partial charge >= 0.3 is 0 Å². The first-order valence-electron chi connectivity index (χ1n) is 10.5. The van der Waals surface area contributed by atoms with Crippen molar-refractivity contribution in [3.63, 3.8) is 0 Å². The van der Waals surface area contributed by atoms with Crippen LogP contribution in [0.1, 0.15) is 5.56 Å². The zero-order chi connectivity index (χ0) is 21.5. The molecule has 0 fully saturated rings. The molecule has 0 spiro atoms. The number of aromatic nitrogens is 2. The Balaban J connectivity index is 1.41. The van der Waals surface area contributed by atoms with Crippen molar-refractivity contribution in [2.24, 2.45) is 0 Å². The minimum absolute atomic E-state index is 0.460. The molecule has 0 bridgehead atoms. The molecule has 6 rings (SSSR count).